The van der Waals surface area contributed by atoms with Gasteiger partial charge in [-0.15, -0.1) is 0 Å². The van der Waals surface area contributed by atoms with Crippen LogP contribution in [0.5, 0.6) is 5.75 Å². The first-order valence-electron chi connectivity index (χ1n) is 11.4. The summed E-state index contributed by atoms with van der Waals surface area (Å²) in [7, 11) is 0. The Labute approximate surface area is 181 Å². The third kappa shape index (κ3) is 3.52. The second-order valence-corrected chi connectivity index (χ2v) is 9.79. The second kappa shape index (κ2) is 7.48. The Hall–Kier alpha value is -2.12. The van der Waals surface area contributed by atoms with Gasteiger partial charge in [0.05, 0.1) is 18.8 Å². The maximum absolute atomic E-state index is 10.8. The van der Waals surface area contributed by atoms with Crippen LogP contribution in [0.1, 0.15) is 37.7 Å². The van der Waals surface area contributed by atoms with Gasteiger partial charge in [0.1, 0.15) is 23.5 Å². The molecule has 4 fully saturated rings. The van der Waals surface area contributed by atoms with Crippen LogP contribution in [0.15, 0.2) is 40.8 Å². The molecule has 3 N–H and O–H groups in total. The smallest absolute Gasteiger partial charge is 0.135 e. The Morgan fingerprint density at radius 2 is 1.74 bits per heavy atom. The number of benzene rings is 2. The average Bonchev–Trinajstić information content (AvgIpc) is 3.10. The third-order valence-corrected chi connectivity index (χ3v) is 7.56. The van der Waals surface area contributed by atoms with Gasteiger partial charge in [0.25, 0.3) is 0 Å². The maximum atomic E-state index is 10.8. The van der Waals surface area contributed by atoms with Crippen LogP contribution in [-0.2, 0) is 11.4 Å². The van der Waals surface area contributed by atoms with E-state index >= 15 is 0 Å². The molecule has 0 spiro atoms. The number of ether oxygens (including phenoxy) is 1. The number of hydroxylamine groups is 1. The molecule has 2 atom stereocenters. The molecule has 0 saturated heterocycles. The van der Waals surface area contributed by atoms with E-state index in [2.05, 4.69) is 11.5 Å². The standard InChI is InChI=1S/C25H29NO5/c27-5-6-29-19-2-4-23-21(10-19)20-9-15(1-3-22(20)31-23)14-30-26-24-17-7-16-8-18(24)13-25(28,11-16)12-17/h1-4,9-10,16-18,24,26-28H,5-8,11-14H2. The molecule has 7 rings (SSSR count). The Morgan fingerprint density at radius 3 is 2.48 bits per heavy atom. The van der Waals surface area contributed by atoms with Crippen LogP contribution in [0, 0.1) is 17.8 Å². The first kappa shape index (κ1) is 19.6. The van der Waals surface area contributed by atoms with Gasteiger partial charge in [0.15, 0.2) is 0 Å². The van der Waals surface area contributed by atoms with Crippen molar-refractivity contribution in [2.75, 3.05) is 13.2 Å². The Bertz CT molecular complexity index is 1090. The quantitative estimate of drug-likeness (QED) is 0.500. The zero-order valence-electron chi connectivity index (χ0n) is 17.5. The summed E-state index contributed by atoms with van der Waals surface area (Å²) < 4.78 is 11.5. The molecule has 6 heteroatoms. The third-order valence-electron chi connectivity index (χ3n) is 7.56. The fourth-order valence-corrected chi connectivity index (χ4v) is 6.54. The number of rotatable bonds is 7. The van der Waals surface area contributed by atoms with E-state index in [9.17, 15) is 5.11 Å². The minimum Gasteiger partial charge on any atom is -0.491 e. The lowest BCUT2D eigenvalue weighted by atomic mass is 9.52. The van der Waals surface area contributed by atoms with Gasteiger partial charge in [-0.3, -0.25) is 4.84 Å². The van der Waals surface area contributed by atoms with Crippen LogP contribution < -0.4 is 10.2 Å². The Morgan fingerprint density at radius 1 is 1.00 bits per heavy atom. The number of hydrogen-bond acceptors (Lipinski definition) is 6. The highest BCUT2D eigenvalue weighted by molar-refractivity contribution is 6.05. The summed E-state index contributed by atoms with van der Waals surface area (Å²) in [6.45, 7) is 0.738. The van der Waals surface area contributed by atoms with Crippen molar-refractivity contribution in [1.82, 2.24) is 5.48 Å². The van der Waals surface area contributed by atoms with E-state index in [1.54, 1.807) is 0 Å². The SMILES string of the molecule is OCCOc1ccc2oc3ccc(CONC4C5CC6CC4CC(O)(C6)C5)cc3c2c1. The summed E-state index contributed by atoms with van der Waals surface area (Å²) in [4.78, 5) is 5.98. The maximum Gasteiger partial charge on any atom is 0.135 e. The highest BCUT2D eigenvalue weighted by Crippen LogP contribution is 2.55. The fourth-order valence-electron chi connectivity index (χ4n) is 6.54. The average molecular weight is 424 g/mol. The summed E-state index contributed by atoms with van der Waals surface area (Å²) in [6.07, 6.45) is 5.25. The molecule has 164 valence electrons. The molecule has 4 aliphatic carbocycles. The number of aliphatic hydroxyl groups excluding tert-OH is 1. The molecule has 1 heterocycles. The van der Waals surface area contributed by atoms with Gasteiger partial charge in [-0.05, 0) is 85.8 Å². The number of aliphatic hydroxyl groups is 2. The van der Waals surface area contributed by atoms with E-state index < -0.39 is 5.60 Å². The molecule has 6 nitrogen and oxygen atoms in total. The Balaban J connectivity index is 1.16. The topological polar surface area (TPSA) is 84.1 Å². The van der Waals surface area contributed by atoms with E-state index in [0.29, 0.717) is 30.4 Å². The van der Waals surface area contributed by atoms with Gasteiger partial charge >= 0.3 is 0 Å². The van der Waals surface area contributed by atoms with E-state index in [0.717, 1.165) is 52.5 Å². The zero-order chi connectivity index (χ0) is 21.0. The van der Waals surface area contributed by atoms with Gasteiger partial charge < -0.3 is 19.4 Å². The van der Waals surface area contributed by atoms with Crippen LogP contribution in [0.2, 0.25) is 0 Å². The number of fused-ring (bicyclic) bond motifs is 3. The summed E-state index contributed by atoms with van der Waals surface area (Å²) in [5.74, 6) is 2.46. The summed E-state index contributed by atoms with van der Waals surface area (Å²) in [5.41, 5.74) is 5.67. The second-order valence-electron chi connectivity index (χ2n) is 9.79. The lowest BCUT2D eigenvalue weighted by Crippen LogP contribution is -2.60. The Kier molecular flexibility index (Phi) is 4.72. The lowest BCUT2D eigenvalue weighted by molar-refractivity contribution is -0.164. The molecule has 2 unspecified atom stereocenters. The van der Waals surface area contributed by atoms with Crippen LogP contribution in [-0.4, -0.2) is 35.1 Å². The van der Waals surface area contributed by atoms with Crippen LogP contribution in [0.3, 0.4) is 0 Å². The van der Waals surface area contributed by atoms with Crippen molar-refractivity contribution in [1.29, 1.82) is 0 Å². The molecular formula is C25H29NO5. The summed E-state index contributed by atoms with van der Waals surface area (Å²) in [6, 6.07) is 12.2. The fraction of sp³-hybridized carbons (Fsp3) is 0.520. The lowest BCUT2D eigenvalue weighted by Gasteiger charge is -2.57. The minimum absolute atomic E-state index is 0.0126. The van der Waals surface area contributed by atoms with Crippen LogP contribution in [0.25, 0.3) is 21.9 Å². The zero-order valence-corrected chi connectivity index (χ0v) is 17.5. The molecule has 2 aromatic carbocycles. The molecule has 0 aliphatic heterocycles. The van der Waals surface area contributed by atoms with Crippen molar-refractivity contribution in [3.8, 4) is 5.75 Å². The van der Waals surface area contributed by atoms with Crippen molar-refractivity contribution in [2.45, 2.75) is 50.4 Å². The molecule has 3 aromatic rings. The van der Waals surface area contributed by atoms with Gasteiger partial charge in [-0.1, -0.05) is 6.07 Å². The van der Waals surface area contributed by atoms with E-state index in [1.165, 1.54) is 12.8 Å². The molecule has 0 radical (unpaired) electrons. The first-order valence-corrected chi connectivity index (χ1v) is 11.4. The highest BCUT2D eigenvalue weighted by Gasteiger charge is 2.54. The van der Waals surface area contributed by atoms with Gasteiger partial charge in [-0.2, -0.15) is 5.48 Å². The monoisotopic (exact) mass is 423 g/mol. The van der Waals surface area contributed by atoms with Gasteiger partial charge in [0.2, 0.25) is 0 Å². The molecular weight excluding hydrogens is 394 g/mol. The number of furan rings is 1. The number of nitrogens with one attached hydrogen (secondary N) is 1. The molecule has 1 aromatic heterocycles. The molecule has 4 saturated carbocycles. The van der Waals surface area contributed by atoms with Crippen molar-refractivity contribution < 1.29 is 24.2 Å². The summed E-state index contributed by atoms with van der Waals surface area (Å²) >= 11 is 0. The van der Waals surface area contributed by atoms with Crippen molar-refractivity contribution in [2.24, 2.45) is 17.8 Å². The van der Waals surface area contributed by atoms with Gasteiger partial charge in [0, 0.05) is 16.8 Å². The van der Waals surface area contributed by atoms with E-state index in [1.807, 2.05) is 30.3 Å². The predicted molar refractivity (Wildman–Crippen MR) is 117 cm³/mol. The molecule has 31 heavy (non-hydrogen) atoms. The van der Waals surface area contributed by atoms with E-state index in [4.69, 9.17) is 19.1 Å². The number of hydrogen-bond donors (Lipinski definition) is 3. The predicted octanol–water partition coefficient (Wildman–Crippen LogP) is 3.92. The van der Waals surface area contributed by atoms with Crippen molar-refractivity contribution in [3.63, 3.8) is 0 Å². The molecule has 4 aliphatic rings. The first-order chi connectivity index (χ1) is 15.1. The van der Waals surface area contributed by atoms with E-state index in [-0.39, 0.29) is 13.2 Å². The largest absolute Gasteiger partial charge is 0.491 e. The van der Waals surface area contributed by atoms with Gasteiger partial charge in [-0.25, -0.2) is 0 Å². The van der Waals surface area contributed by atoms with Crippen LogP contribution >= 0.6 is 0 Å². The molecule has 4 bridgehead atoms. The highest BCUT2D eigenvalue weighted by atomic mass is 16.6. The summed E-state index contributed by atoms with van der Waals surface area (Å²) in [5, 5.41) is 21.8. The minimum atomic E-state index is -0.415. The normalized spacial score (nSPS) is 31.7. The van der Waals surface area contributed by atoms with Crippen molar-refractivity contribution >= 4 is 21.9 Å². The van der Waals surface area contributed by atoms with Crippen LogP contribution in [0.4, 0.5) is 0 Å². The molecule has 0 amide bonds. The van der Waals surface area contributed by atoms with Crippen molar-refractivity contribution in [3.05, 3.63) is 42.0 Å².